The summed E-state index contributed by atoms with van der Waals surface area (Å²) >= 11 is 16.4. The number of carboxylic acids is 1. The number of esters is 2. The molecule has 77 heavy (non-hydrogen) atoms. The monoisotopic (exact) mass is 1110 g/mol. The number of aliphatic hydroxyl groups excluding tert-OH is 2. The average Bonchev–Trinajstić information content (AvgIpc) is 4.43. The molecule has 0 saturated heterocycles. The van der Waals surface area contributed by atoms with E-state index >= 15 is 0 Å². The molecule has 16 atom stereocenters. The second-order valence-electron chi connectivity index (χ2n) is 23.8. The number of thiazole rings is 1. The van der Waals surface area contributed by atoms with Crippen LogP contribution in [0.5, 0.6) is 0 Å². The molecule has 18 heteroatoms. The van der Waals surface area contributed by atoms with Crippen molar-refractivity contribution < 1.29 is 62.4 Å². The van der Waals surface area contributed by atoms with E-state index in [0.29, 0.717) is 43.7 Å². The van der Waals surface area contributed by atoms with Crippen molar-refractivity contribution in [3.8, 4) is 0 Å². The van der Waals surface area contributed by atoms with Gasteiger partial charge in [-0.15, -0.1) is 23.2 Å². The zero-order valence-corrected chi connectivity index (χ0v) is 45.9. The summed E-state index contributed by atoms with van der Waals surface area (Å²) in [7, 11) is 0. The second kappa shape index (κ2) is 18.2. The molecule has 0 spiro atoms. The Kier molecular flexibility index (Phi) is 12.6. The fourth-order valence-electron chi connectivity index (χ4n) is 16.8. The minimum Gasteiger partial charge on any atom is -0.478 e. The first-order valence-corrected chi connectivity index (χ1v) is 28.0. The number of fused-ring (bicyclic) bond motifs is 11. The van der Waals surface area contributed by atoms with Crippen LogP contribution in [0.1, 0.15) is 114 Å². The number of ether oxygens (including phenoxy) is 2. The van der Waals surface area contributed by atoms with Gasteiger partial charge in [0, 0.05) is 33.5 Å². The third-order valence-electron chi connectivity index (χ3n) is 20.5. The van der Waals surface area contributed by atoms with Crippen LogP contribution >= 0.6 is 34.5 Å². The zero-order valence-electron chi connectivity index (χ0n) is 43.5. The van der Waals surface area contributed by atoms with Gasteiger partial charge >= 0.3 is 17.9 Å². The Morgan fingerprint density at radius 3 is 1.62 bits per heavy atom. The van der Waals surface area contributed by atoms with Crippen molar-refractivity contribution >= 4 is 85.3 Å². The Balaban J connectivity index is 0.000000169. The number of nitrogens with zero attached hydrogens (tertiary/aromatic N) is 1. The molecule has 6 saturated carbocycles. The van der Waals surface area contributed by atoms with Crippen LogP contribution in [0.15, 0.2) is 117 Å². The minimum atomic E-state index is -1.85. The molecule has 0 radical (unpaired) electrons. The number of aliphatic hydroxyl groups is 2. The molecule has 8 unspecified atom stereocenters. The summed E-state index contributed by atoms with van der Waals surface area (Å²) in [5, 5.41) is 37.6. The van der Waals surface area contributed by atoms with Crippen LogP contribution in [0.4, 0.5) is 5.13 Å². The number of carbonyl (C=O) groups is 6. The third-order valence-corrected chi connectivity index (χ3v) is 23.3. The van der Waals surface area contributed by atoms with Gasteiger partial charge in [-0.25, -0.2) is 19.4 Å². The van der Waals surface area contributed by atoms with Gasteiger partial charge in [-0.2, -0.15) is 0 Å². The van der Waals surface area contributed by atoms with Crippen molar-refractivity contribution in [2.75, 3.05) is 5.32 Å². The van der Waals surface area contributed by atoms with E-state index in [2.05, 4.69) is 10.3 Å². The Bertz CT molecular complexity index is 3220. The molecule has 4 aromatic rings. The average molecular weight is 1110 g/mol. The first-order chi connectivity index (χ1) is 36.4. The van der Waals surface area contributed by atoms with E-state index in [0.717, 1.165) is 21.4 Å². The fourth-order valence-corrected chi connectivity index (χ4v) is 18.7. The lowest BCUT2D eigenvalue weighted by Gasteiger charge is -2.64. The number of halogens is 2. The van der Waals surface area contributed by atoms with E-state index in [1.54, 1.807) is 38.1 Å². The number of anilines is 1. The van der Waals surface area contributed by atoms with Crippen molar-refractivity contribution in [1.82, 2.24) is 4.98 Å². The van der Waals surface area contributed by atoms with Crippen molar-refractivity contribution in [3.63, 3.8) is 0 Å². The number of benzene rings is 1. The highest BCUT2D eigenvalue weighted by molar-refractivity contribution is 7.22. The SMILES string of the molecule is C[C@@H]1CC2C3CCC4=CC(=O)C=CC4(C)[C@@]3(Cl)[C@@H](O)CC2(C)[C@@]1(OC(=O)c1ccco1)C(=O)Nc1nc2ccccc2s1.C[C@@H]1CC2C3CCC4=CC(=O)C=CC4(C)[C@@]3(Cl)[C@@H](O)CC2(C)[C@@]1(OC(=O)c1ccco1)C(=O)O. The first-order valence-electron chi connectivity index (χ1n) is 26.4. The predicted molar refractivity (Wildman–Crippen MR) is 285 cm³/mol. The molecule has 0 bridgehead atoms. The van der Waals surface area contributed by atoms with Gasteiger partial charge in [-0.05, 0) is 136 Å². The number of ketones is 2. The van der Waals surface area contributed by atoms with Gasteiger partial charge in [0.05, 0.1) is 44.7 Å². The van der Waals surface area contributed by atoms with Crippen LogP contribution in [0.2, 0.25) is 0 Å². The number of alkyl halides is 2. The number of nitrogens with one attached hydrogen (secondary N) is 1. The van der Waals surface area contributed by atoms with Crippen LogP contribution in [-0.2, 0) is 28.7 Å². The molecule has 4 N–H and O–H groups in total. The van der Waals surface area contributed by atoms with Crippen LogP contribution in [0.3, 0.4) is 0 Å². The Morgan fingerprint density at radius 2 is 1.16 bits per heavy atom. The van der Waals surface area contributed by atoms with Gasteiger partial charge in [0.15, 0.2) is 22.3 Å². The molecule has 15 nitrogen and oxygen atoms in total. The van der Waals surface area contributed by atoms with Gasteiger partial charge in [0.2, 0.25) is 17.1 Å². The van der Waals surface area contributed by atoms with E-state index in [9.17, 15) is 44.1 Å². The highest BCUT2D eigenvalue weighted by Crippen LogP contribution is 2.74. The number of para-hydroxylation sites is 1. The Hall–Kier alpha value is -5.65. The summed E-state index contributed by atoms with van der Waals surface area (Å²) in [5.74, 6) is -5.33. The summed E-state index contributed by atoms with van der Waals surface area (Å²) in [4.78, 5) is 80.7. The van der Waals surface area contributed by atoms with Gasteiger partial charge < -0.3 is 33.6 Å². The molecule has 8 aliphatic rings. The molecule has 0 aliphatic heterocycles. The quantitative estimate of drug-likeness (QED) is 0.0996. The van der Waals surface area contributed by atoms with E-state index in [1.807, 2.05) is 58.0 Å². The van der Waals surface area contributed by atoms with Crippen LogP contribution in [-0.4, -0.2) is 88.8 Å². The van der Waals surface area contributed by atoms with Gasteiger partial charge in [0.1, 0.15) is 0 Å². The normalized spacial score (nSPS) is 41.2. The van der Waals surface area contributed by atoms with Crippen LogP contribution in [0.25, 0.3) is 10.2 Å². The van der Waals surface area contributed by atoms with E-state index in [4.69, 9.17) is 41.5 Å². The van der Waals surface area contributed by atoms with Crippen LogP contribution in [0, 0.1) is 57.2 Å². The number of carbonyl (C=O) groups excluding carboxylic acids is 5. The fraction of sp³-hybridized carbons (Fsp3) is 0.508. The maximum Gasteiger partial charge on any atom is 0.375 e. The van der Waals surface area contributed by atoms with Crippen molar-refractivity contribution in [2.45, 2.75) is 126 Å². The Labute approximate surface area is 459 Å². The van der Waals surface area contributed by atoms with E-state index < -0.39 is 90.5 Å². The molecular weight excluding hydrogens is 1050 g/mol. The summed E-state index contributed by atoms with van der Waals surface area (Å²) < 4.78 is 23.6. The van der Waals surface area contributed by atoms with Gasteiger partial charge in [-0.1, -0.05) is 88.3 Å². The molecule has 6 fully saturated rings. The molecule has 8 aliphatic carbocycles. The zero-order chi connectivity index (χ0) is 55.0. The summed E-state index contributed by atoms with van der Waals surface area (Å²) in [5.41, 5.74) is -4.46. The summed E-state index contributed by atoms with van der Waals surface area (Å²) in [6, 6.07) is 13.7. The summed E-state index contributed by atoms with van der Waals surface area (Å²) in [6.45, 7) is 11.4. The third kappa shape index (κ3) is 7.22. The van der Waals surface area contributed by atoms with Crippen LogP contribution < -0.4 is 5.32 Å². The summed E-state index contributed by atoms with van der Waals surface area (Å²) in [6.07, 6.45) is 14.2. The van der Waals surface area contributed by atoms with E-state index in [-0.39, 0.29) is 59.6 Å². The maximum atomic E-state index is 14.6. The molecule has 12 rings (SSSR count). The highest BCUT2D eigenvalue weighted by atomic mass is 35.5. The molecular formula is C59H62Cl2N2O13S. The lowest BCUT2D eigenvalue weighted by Crippen LogP contribution is -2.70. The lowest BCUT2D eigenvalue weighted by atomic mass is 9.45. The molecule has 3 aromatic heterocycles. The molecule has 3 heterocycles. The number of hydrogen-bond acceptors (Lipinski definition) is 14. The molecule has 406 valence electrons. The minimum absolute atomic E-state index is 0.00794. The standard InChI is InChI=1S/C33H33ClN2O6S.C26H29ClO7/c1-18-15-22-21-11-10-19-16-20(37)12-13-30(19,2)32(21,34)26(38)17-31(22,3)33(18,42-27(39)24-8-6-14-41-24)28(40)36-29-35-23-7-4-5-9-25(23)43-29;1-14-11-18-17-7-6-15-12-16(28)8-9-23(15,2)25(17,27)20(29)13-24(18,3)26(14,22(31)32)34-21(30)19-5-4-10-33-19/h4-9,12-14,16,18,21-22,26,38H,10-11,15,17H2,1-3H3,(H,35,36,40);4-5,8-10,12,14,17-18,20,29H,6-7,11,13H2,1-3H3,(H,31,32)/t18-,21?,22?,26+,30?,31?,32+,33+;14-,17?,18?,20+,23?,24?,25+,26+/m11/s1. The molecule has 1 amide bonds. The van der Waals surface area contributed by atoms with Crippen molar-refractivity contribution in [3.05, 3.63) is 120 Å². The largest absolute Gasteiger partial charge is 0.478 e. The number of aromatic nitrogens is 1. The predicted octanol–water partition coefficient (Wildman–Crippen LogP) is 10.5. The molecule has 1 aromatic carbocycles. The van der Waals surface area contributed by atoms with Crippen molar-refractivity contribution in [1.29, 1.82) is 0 Å². The number of rotatable bonds is 7. The number of amides is 1. The maximum absolute atomic E-state index is 14.6. The number of aliphatic carboxylic acids is 1. The number of hydrogen-bond donors (Lipinski definition) is 4. The topological polar surface area (TPSA) is 233 Å². The van der Waals surface area contributed by atoms with E-state index in [1.165, 1.54) is 54.2 Å². The number of furan rings is 2. The highest BCUT2D eigenvalue weighted by Gasteiger charge is 2.79. The number of carboxylic acid groups (broad SMARTS) is 1. The first kappa shape index (κ1) is 53.4. The van der Waals surface area contributed by atoms with Gasteiger partial charge in [-0.3, -0.25) is 19.7 Å². The number of allylic oxidation sites excluding steroid dienone is 8. The lowest BCUT2D eigenvalue weighted by molar-refractivity contribution is -0.195. The van der Waals surface area contributed by atoms with Gasteiger partial charge in [0.25, 0.3) is 5.91 Å². The Morgan fingerprint density at radius 1 is 0.688 bits per heavy atom. The smallest absolute Gasteiger partial charge is 0.375 e. The second-order valence-corrected chi connectivity index (χ2v) is 26.0. The van der Waals surface area contributed by atoms with Crippen molar-refractivity contribution in [2.24, 2.45) is 57.2 Å².